The van der Waals surface area contributed by atoms with E-state index >= 15 is 0 Å². The van der Waals surface area contributed by atoms with E-state index in [4.69, 9.17) is 4.74 Å². The highest BCUT2D eigenvalue weighted by Gasteiger charge is 2.34. The van der Waals surface area contributed by atoms with Crippen LogP contribution in [0, 0.1) is 10.1 Å². The van der Waals surface area contributed by atoms with Gasteiger partial charge < -0.3 is 20.3 Å². The summed E-state index contributed by atoms with van der Waals surface area (Å²) in [4.78, 5) is 28.2. The second kappa shape index (κ2) is 10.4. The number of hydrogen-bond donors (Lipinski definition) is 2. The van der Waals surface area contributed by atoms with Crippen molar-refractivity contribution in [2.45, 2.75) is 45.9 Å². The van der Waals surface area contributed by atoms with Crippen molar-refractivity contribution in [1.82, 2.24) is 25.3 Å². The van der Waals surface area contributed by atoms with Crippen molar-refractivity contribution in [3.63, 3.8) is 0 Å². The van der Waals surface area contributed by atoms with Gasteiger partial charge in [0.25, 0.3) is 0 Å². The molecule has 1 aliphatic rings. The topological polar surface area (TPSA) is 127 Å². The van der Waals surface area contributed by atoms with E-state index in [9.17, 15) is 14.9 Å². The van der Waals surface area contributed by atoms with Crippen LogP contribution in [0.2, 0.25) is 0 Å². The lowest BCUT2D eigenvalue weighted by Gasteiger charge is -2.40. The van der Waals surface area contributed by atoms with Crippen LogP contribution < -0.4 is 10.6 Å². The molecule has 2 N–H and O–H groups in total. The highest BCUT2D eigenvalue weighted by Crippen LogP contribution is 2.15. The number of ether oxygens (including phenoxy) is 1. The third kappa shape index (κ3) is 7.48. The molecule has 2 rings (SSSR count). The first-order valence-electron chi connectivity index (χ1n) is 8.87. The molecule has 0 aromatic carbocycles. The molecule has 0 unspecified atom stereocenters. The lowest BCUT2D eigenvalue weighted by Crippen LogP contribution is -2.63. The van der Waals surface area contributed by atoms with Crippen molar-refractivity contribution < 1.29 is 14.5 Å². The number of halogens is 1. The summed E-state index contributed by atoms with van der Waals surface area (Å²) >= 11 is 0. The van der Waals surface area contributed by atoms with Gasteiger partial charge in [0.1, 0.15) is 18.0 Å². The summed E-state index contributed by atoms with van der Waals surface area (Å²) in [7, 11) is 0. The minimum atomic E-state index is -0.506. The number of nitrogens with one attached hydrogen (secondary N) is 2. The van der Waals surface area contributed by atoms with Gasteiger partial charge in [-0.3, -0.25) is 19.8 Å². The maximum absolute atomic E-state index is 11.9. The van der Waals surface area contributed by atoms with E-state index in [0.717, 1.165) is 0 Å². The maximum atomic E-state index is 11.9. The molecule has 158 valence electrons. The molecule has 1 aliphatic heterocycles. The molecule has 0 aliphatic carbocycles. The number of carbonyl (C=O) groups excluding carboxylic acids is 1. The minimum Gasteiger partial charge on any atom is -0.444 e. The fraction of sp³-hybridized carbons (Fsp3) is 0.688. The third-order valence-corrected chi connectivity index (χ3v) is 3.65. The Morgan fingerprint density at radius 3 is 2.68 bits per heavy atom. The fourth-order valence-electron chi connectivity index (χ4n) is 2.39. The molecule has 0 atom stereocenters. The molecule has 2 heterocycles. The van der Waals surface area contributed by atoms with Crippen molar-refractivity contribution in [3.05, 3.63) is 22.5 Å². The number of rotatable bonds is 6. The van der Waals surface area contributed by atoms with Crippen LogP contribution in [0.3, 0.4) is 0 Å². The van der Waals surface area contributed by atoms with Crippen molar-refractivity contribution in [1.29, 1.82) is 0 Å². The number of nitro groups is 1. The second-order valence-electron chi connectivity index (χ2n) is 7.21. The zero-order valence-corrected chi connectivity index (χ0v) is 18.9. The number of aromatic nitrogens is 2. The summed E-state index contributed by atoms with van der Waals surface area (Å²) < 4.78 is 6.82. The van der Waals surface area contributed by atoms with Crippen LogP contribution in [-0.2, 0) is 11.3 Å². The Labute approximate surface area is 181 Å². The molecule has 12 heteroatoms. The first-order valence-corrected chi connectivity index (χ1v) is 8.87. The third-order valence-electron chi connectivity index (χ3n) is 3.65. The lowest BCUT2D eigenvalue weighted by molar-refractivity contribution is -0.385. The van der Waals surface area contributed by atoms with E-state index < -0.39 is 10.5 Å². The van der Waals surface area contributed by atoms with Gasteiger partial charge in [-0.2, -0.15) is 5.10 Å². The Bertz CT molecular complexity index is 695. The number of aliphatic imine (C=N–C) groups is 1. The van der Waals surface area contributed by atoms with Gasteiger partial charge in [-0.1, -0.05) is 0 Å². The number of nitrogens with zero attached hydrogens (tertiary/aromatic N) is 5. The molecular formula is C16H28IN7O4. The SMILES string of the molecule is CCNC(=NCCn1cc([N+](=O)[O-])cn1)NC1CN(C(=O)OC(C)(C)C)C1.I. The molecule has 1 fully saturated rings. The first-order chi connectivity index (χ1) is 12.7. The zero-order valence-electron chi connectivity index (χ0n) is 16.5. The van der Waals surface area contributed by atoms with Crippen LogP contribution in [-0.4, -0.2) is 69.5 Å². The lowest BCUT2D eigenvalue weighted by atomic mass is 10.1. The van der Waals surface area contributed by atoms with Gasteiger partial charge in [0, 0.05) is 19.6 Å². The van der Waals surface area contributed by atoms with E-state index in [1.54, 1.807) is 4.90 Å². The van der Waals surface area contributed by atoms with Crippen LogP contribution in [0.5, 0.6) is 0 Å². The van der Waals surface area contributed by atoms with E-state index in [0.29, 0.717) is 38.7 Å². The van der Waals surface area contributed by atoms with Gasteiger partial charge in [0.15, 0.2) is 5.96 Å². The molecule has 1 aromatic rings. The number of hydrogen-bond acceptors (Lipinski definition) is 6. The number of guanidine groups is 1. The smallest absolute Gasteiger partial charge is 0.410 e. The van der Waals surface area contributed by atoms with E-state index in [1.165, 1.54) is 17.1 Å². The van der Waals surface area contributed by atoms with Crippen molar-refractivity contribution in [3.8, 4) is 0 Å². The Balaban J connectivity index is 0.00000392. The van der Waals surface area contributed by atoms with Crippen LogP contribution in [0.25, 0.3) is 0 Å². The molecule has 28 heavy (non-hydrogen) atoms. The zero-order chi connectivity index (χ0) is 20.0. The standard InChI is InChI=1S/C16H27N7O4.HI/c1-5-17-14(18-6-7-22-11-13(8-19-22)23(25)26)20-12-9-21(10-12)15(24)27-16(2,3)4;/h8,11-12H,5-7,9-10H2,1-4H3,(H2,17,18,20);1H. The largest absolute Gasteiger partial charge is 0.444 e. The predicted molar refractivity (Wildman–Crippen MR) is 115 cm³/mol. The number of amides is 1. The normalized spacial score (nSPS) is 14.7. The monoisotopic (exact) mass is 509 g/mol. The van der Waals surface area contributed by atoms with Gasteiger partial charge in [0.2, 0.25) is 0 Å². The molecule has 0 radical (unpaired) electrons. The average molecular weight is 509 g/mol. The summed E-state index contributed by atoms with van der Waals surface area (Å²) in [5.74, 6) is 0.632. The summed E-state index contributed by atoms with van der Waals surface area (Å²) in [6.45, 7) is 10.1. The molecule has 1 saturated heterocycles. The van der Waals surface area contributed by atoms with E-state index in [1.807, 2.05) is 27.7 Å². The Kier molecular flexibility index (Phi) is 8.91. The average Bonchev–Trinajstić information content (AvgIpc) is 2.97. The Hall–Kier alpha value is -2.12. The summed E-state index contributed by atoms with van der Waals surface area (Å²) in [6, 6.07) is 0.0982. The Morgan fingerprint density at radius 2 is 2.14 bits per heavy atom. The highest BCUT2D eigenvalue weighted by molar-refractivity contribution is 14.0. The number of likely N-dealkylation sites (tertiary alicyclic amines) is 1. The second-order valence-corrected chi connectivity index (χ2v) is 7.21. The molecule has 0 bridgehead atoms. The van der Waals surface area contributed by atoms with Crippen molar-refractivity contribution >= 4 is 41.7 Å². The molecule has 11 nitrogen and oxygen atoms in total. The first kappa shape index (κ1) is 23.9. The number of carbonyl (C=O) groups is 1. The quantitative estimate of drug-likeness (QED) is 0.196. The molecule has 0 spiro atoms. The van der Waals surface area contributed by atoms with E-state index in [2.05, 4.69) is 20.7 Å². The summed E-state index contributed by atoms with van der Waals surface area (Å²) in [5.41, 5.74) is -0.547. The van der Waals surface area contributed by atoms with E-state index in [-0.39, 0.29) is 41.8 Å². The van der Waals surface area contributed by atoms with Crippen LogP contribution in [0.4, 0.5) is 10.5 Å². The molecule has 1 amide bonds. The van der Waals surface area contributed by atoms with Crippen molar-refractivity contribution in [2.75, 3.05) is 26.2 Å². The molecular weight excluding hydrogens is 481 g/mol. The van der Waals surface area contributed by atoms with Gasteiger partial charge in [0.05, 0.1) is 24.1 Å². The van der Waals surface area contributed by atoms with Gasteiger partial charge in [-0.05, 0) is 27.7 Å². The van der Waals surface area contributed by atoms with Crippen molar-refractivity contribution in [2.24, 2.45) is 4.99 Å². The molecule has 1 aromatic heterocycles. The molecule has 0 saturated carbocycles. The maximum Gasteiger partial charge on any atom is 0.410 e. The van der Waals surface area contributed by atoms with Crippen LogP contribution in [0.1, 0.15) is 27.7 Å². The predicted octanol–water partition coefficient (Wildman–Crippen LogP) is 1.58. The van der Waals surface area contributed by atoms with Crippen LogP contribution >= 0.6 is 24.0 Å². The highest BCUT2D eigenvalue weighted by atomic mass is 127. The van der Waals surface area contributed by atoms with Gasteiger partial charge in [-0.15, -0.1) is 24.0 Å². The van der Waals surface area contributed by atoms with Crippen LogP contribution in [0.15, 0.2) is 17.4 Å². The Morgan fingerprint density at radius 1 is 1.46 bits per heavy atom. The minimum absolute atomic E-state index is 0. The van der Waals surface area contributed by atoms with Gasteiger partial charge in [-0.25, -0.2) is 4.79 Å². The summed E-state index contributed by atoms with van der Waals surface area (Å²) in [5, 5.41) is 21.0. The summed E-state index contributed by atoms with van der Waals surface area (Å²) in [6.07, 6.45) is 2.27. The fourth-order valence-corrected chi connectivity index (χ4v) is 2.39. The van der Waals surface area contributed by atoms with Gasteiger partial charge >= 0.3 is 11.8 Å².